The number of hydrogen-bond acceptors (Lipinski definition) is 4. The van der Waals surface area contributed by atoms with E-state index < -0.39 is 10.0 Å². The molecule has 2 atom stereocenters. The van der Waals surface area contributed by atoms with Crippen molar-refractivity contribution in [3.63, 3.8) is 0 Å². The fraction of sp³-hybridized carbons (Fsp3) is 0.421. The first-order chi connectivity index (χ1) is 12.4. The highest BCUT2D eigenvalue weighted by atomic mass is 32.2. The molecule has 2 aromatic rings. The summed E-state index contributed by atoms with van der Waals surface area (Å²) in [7, 11) is -3.50. The Morgan fingerprint density at radius 2 is 2.19 bits per heavy atom. The molecule has 26 heavy (non-hydrogen) atoms. The number of nitrogens with one attached hydrogen (secondary N) is 1. The van der Waals surface area contributed by atoms with Crippen LogP contribution < -0.4 is 5.32 Å². The number of rotatable bonds is 5. The van der Waals surface area contributed by atoms with E-state index in [1.165, 1.54) is 4.31 Å². The minimum atomic E-state index is -3.50. The normalized spacial score (nSPS) is 25.5. The summed E-state index contributed by atoms with van der Waals surface area (Å²) in [5, 5.41) is 2.89. The fourth-order valence-corrected chi connectivity index (χ4v) is 5.51. The third-order valence-corrected chi connectivity index (χ3v) is 7.34. The lowest BCUT2D eigenvalue weighted by Crippen LogP contribution is -2.31. The number of carbonyl (C=O) groups excluding carboxylic acids is 1. The zero-order valence-corrected chi connectivity index (χ0v) is 15.5. The van der Waals surface area contributed by atoms with E-state index in [0.29, 0.717) is 30.3 Å². The molecule has 1 aromatic heterocycles. The van der Waals surface area contributed by atoms with Gasteiger partial charge in [0.1, 0.15) is 5.76 Å². The monoisotopic (exact) mass is 374 g/mol. The van der Waals surface area contributed by atoms with Gasteiger partial charge in [0.05, 0.1) is 17.7 Å². The summed E-state index contributed by atoms with van der Waals surface area (Å²) < 4.78 is 32.5. The van der Waals surface area contributed by atoms with Crippen LogP contribution in [0.3, 0.4) is 0 Å². The molecule has 2 fully saturated rings. The van der Waals surface area contributed by atoms with Crippen molar-refractivity contribution in [2.75, 3.05) is 13.1 Å². The number of furan rings is 1. The zero-order valence-electron chi connectivity index (χ0n) is 14.6. The van der Waals surface area contributed by atoms with Crippen molar-refractivity contribution in [1.82, 2.24) is 9.62 Å². The zero-order chi connectivity index (χ0) is 18.4. The van der Waals surface area contributed by atoms with Gasteiger partial charge in [-0.1, -0.05) is 12.1 Å². The van der Waals surface area contributed by atoms with Crippen LogP contribution in [0.1, 0.15) is 24.2 Å². The van der Waals surface area contributed by atoms with Crippen LogP contribution >= 0.6 is 0 Å². The summed E-state index contributed by atoms with van der Waals surface area (Å²) in [5.41, 5.74) is 0.714. The van der Waals surface area contributed by atoms with Crippen molar-refractivity contribution in [3.05, 3.63) is 54.0 Å². The Balaban J connectivity index is 1.40. The lowest BCUT2D eigenvalue weighted by molar-refractivity contribution is -0.123. The molecule has 4 rings (SSSR count). The molecule has 138 valence electrons. The number of benzene rings is 1. The molecule has 1 aliphatic heterocycles. The van der Waals surface area contributed by atoms with Gasteiger partial charge in [-0.25, -0.2) is 8.42 Å². The van der Waals surface area contributed by atoms with E-state index in [-0.39, 0.29) is 17.2 Å². The van der Waals surface area contributed by atoms with Crippen LogP contribution in [-0.4, -0.2) is 31.7 Å². The van der Waals surface area contributed by atoms with Gasteiger partial charge >= 0.3 is 0 Å². The van der Waals surface area contributed by atoms with Crippen LogP contribution in [0.25, 0.3) is 0 Å². The molecule has 1 saturated heterocycles. The van der Waals surface area contributed by atoms with Gasteiger partial charge in [-0.3, -0.25) is 4.79 Å². The van der Waals surface area contributed by atoms with Gasteiger partial charge in [-0.05, 0) is 55.0 Å². The quantitative estimate of drug-likeness (QED) is 0.871. The van der Waals surface area contributed by atoms with Crippen LogP contribution in [0.4, 0.5) is 0 Å². The maximum Gasteiger partial charge on any atom is 0.243 e. The summed E-state index contributed by atoms with van der Waals surface area (Å²) in [6.07, 6.45) is 3.05. The summed E-state index contributed by atoms with van der Waals surface area (Å²) in [6, 6.07) is 10.6. The molecular weight excluding hydrogens is 352 g/mol. The highest BCUT2D eigenvalue weighted by molar-refractivity contribution is 7.89. The number of aryl methyl sites for hydroxylation is 1. The lowest BCUT2D eigenvalue weighted by Gasteiger charge is -2.17. The second kappa shape index (κ2) is 6.25. The second-order valence-electron chi connectivity index (χ2n) is 7.32. The van der Waals surface area contributed by atoms with Gasteiger partial charge in [-0.15, -0.1) is 0 Å². The third kappa shape index (κ3) is 3.05. The predicted molar refractivity (Wildman–Crippen MR) is 95.6 cm³/mol. The molecule has 2 aliphatic rings. The molecule has 1 amide bonds. The van der Waals surface area contributed by atoms with E-state index in [4.69, 9.17) is 4.42 Å². The maximum atomic E-state index is 12.9. The lowest BCUT2D eigenvalue weighted by atomic mass is 10.0. The Labute approximate surface area is 153 Å². The molecule has 0 radical (unpaired) electrons. The maximum absolute atomic E-state index is 12.9. The number of hydrogen-bond donors (Lipinski definition) is 1. The Hall–Kier alpha value is -2.12. The smallest absolute Gasteiger partial charge is 0.243 e. The highest BCUT2D eigenvalue weighted by Gasteiger charge is 2.62. The molecule has 6 nitrogen and oxygen atoms in total. The Bertz CT molecular complexity index is 923. The van der Waals surface area contributed by atoms with E-state index in [1.54, 1.807) is 30.5 Å². The molecule has 1 aliphatic carbocycles. The topological polar surface area (TPSA) is 79.6 Å². The Morgan fingerprint density at radius 3 is 2.92 bits per heavy atom. The Morgan fingerprint density at radius 1 is 1.35 bits per heavy atom. The number of amides is 1. The summed E-state index contributed by atoms with van der Waals surface area (Å²) in [4.78, 5) is 12.7. The van der Waals surface area contributed by atoms with Gasteiger partial charge in [0.2, 0.25) is 15.9 Å². The van der Waals surface area contributed by atoms with Gasteiger partial charge in [0.25, 0.3) is 0 Å². The molecule has 2 heterocycles. The highest BCUT2D eigenvalue weighted by Crippen LogP contribution is 2.59. The van der Waals surface area contributed by atoms with Gasteiger partial charge in [0.15, 0.2) is 0 Å². The second-order valence-corrected chi connectivity index (χ2v) is 9.26. The average molecular weight is 374 g/mol. The SMILES string of the molecule is Cc1cccc(S(=O)(=O)N2CCC3(CC3C(=O)NCc3ccco3)C2)c1. The molecule has 0 bridgehead atoms. The van der Waals surface area contributed by atoms with Crippen molar-refractivity contribution in [2.24, 2.45) is 11.3 Å². The minimum absolute atomic E-state index is 0.0174. The van der Waals surface area contributed by atoms with Crippen LogP contribution in [0, 0.1) is 18.3 Å². The number of nitrogens with zero attached hydrogens (tertiary/aromatic N) is 1. The first-order valence-corrected chi connectivity index (χ1v) is 10.2. The van der Waals surface area contributed by atoms with Crippen molar-refractivity contribution < 1.29 is 17.6 Å². The largest absolute Gasteiger partial charge is 0.467 e. The van der Waals surface area contributed by atoms with Crippen LogP contribution in [0.5, 0.6) is 0 Å². The number of carbonyl (C=O) groups is 1. The minimum Gasteiger partial charge on any atom is -0.467 e. The van der Waals surface area contributed by atoms with Crippen molar-refractivity contribution in [1.29, 1.82) is 0 Å². The summed E-state index contributed by atoms with van der Waals surface area (Å²) in [6.45, 7) is 3.13. The van der Waals surface area contributed by atoms with Crippen molar-refractivity contribution >= 4 is 15.9 Å². The van der Waals surface area contributed by atoms with Gasteiger partial charge < -0.3 is 9.73 Å². The standard InChI is InChI=1S/C19H22N2O4S/c1-14-4-2-6-16(10-14)26(23,24)21-8-7-19(13-21)11-17(19)18(22)20-12-15-5-3-9-25-15/h2-6,9-10,17H,7-8,11-13H2,1H3,(H,20,22). The van der Waals surface area contributed by atoms with Gasteiger partial charge in [-0.2, -0.15) is 4.31 Å². The van der Waals surface area contributed by atoms with E-state index in [2.05, 4.69) is 5.32 Å². The Kier molecular flexibility index (Phi) is 4.16. The molecule has 2 unspecified atom stereocenters. The summed E-state index contributed by atoms with van der Waals surface area (Å²) >= 11 is 0. The predicted octanol–water partition coefficient (Wildman–Crippen LogP) is 2.31. The number of sulfonamides is 1. The molecule has 1 aromatic carbocycles. The van der Waals surface area contributed by atoms with Crippen LogP contribution in [0.15, 0.2) is 52.0 Å². The summed E-state index contributed by atoms with van der Waals surface area (Å²) in [5.74, 6) is 0.578. The first-order valence-electron chi connectivity index (χ1n) is 8.78. The molecule has 1 spiro atoms. The van der Waals surface area contributed by atoms with Crippen LogP contribution in [0.2, 0.25) is 0 Å². The van der Waals surface area contributed by atoms with E-state index >= 15 is 0 Å². The molecule has 1 saturated carbocycles. The average Bonchev–Trinajstić information content (AvgIpc) is 2.97. The van der Waals surface area contributed by atoms with E-state index in [0.717, 1.165) is 18.4 Å². The first kappa shape index (κ1) is 17.3. The molecular formula is C19H22N2O4S. The van der Waals surface area contributed by atoms with Crippen molar-refractivity contribution in [3.8, 4) is 0 Å². The molecule has 7 heteroatoms. The van der Waals surface area contributed by atoms with Crippen molar-refractivity contribution in [2.45, 2.75) is 31.2 Å². The van der Waals surface area contributed by atoms with E-state index in [9.17, 15) is 13.2 Å². The van der Waals surface area contributed by atoms with E-state index in [1.807, 2.05) is 19.1 Å². The third-order valence-electron chi connectivity index (χ3n) is 5.50. The van der Waals surface area contributed by atoms with Gasteiger partial charge in [0, 0.05) is 19.0 Å². The van der Waals surface area contributed by atoms with Crippen LogP contribution in [-0.2, 0) is 21.4 Å². The fourth-order valence-electron chi connectivity index (χ4n) is 3.87. The molecule has 1 N–H and O–H groups in total.